The Hall–Kier alpha value is -0.120. The maximum atomic E-state index is 5.65. The summed E-state index contributed by atoms with van der Waals surface area (Å²) in [7, 11) is 0. The Labute approximate surface area is 101 Å². The van der Waals surface area contributed by atoms with E-state index in [1.807, 2.05) is 0 Å². The van der Waals surface area contributed by atoms with Crippen molar-refractivity contribution in [1.29, 1.82) is 0 Å². The summed E-state index contributed by atoms with van der Waals surface area (Å²) in [4.78, 5) is 5.03. The number of likely N-dealkylation sites (N-methyl/N-ethyl adjacent to an activating group) is 1. The average molecular weight is 228 g/mol. The number of nitrogens with zero attached hydrogens (tertiary/aromatic N) is 2. The molecule has 0 unspecified atom stereocenters. The number of hydrogen-bond acceptors (Lipinski definition) is 3. The zero-order valence-corrected chi connectivity index (χ0v) is 11.2. The van der Waals surface area contributed by atoms with Crippen LogP contribution in [0.2, 0.25) is 0 Å². The smallest absolute Gasteiger partial charge is 0.0593 e. The molecule has 0 aromatic rings. The fraction of sp³-hybridized carbons (Fsp3) is 1.00. The molecule has 1 rings (SSSR count). The summed E-state index contributed by atoms with van der Waals surface area (Å²) in [6.45, 7) is 15.7. The van der Waals surface area contributed by atoms with Gasteiger partial charge in [0, 0.05) is 39.3 Å². The van der Waals surface area contributed by atoms with E-state index in [2.05, 4.69) is 30.6 Å². The van der Waals surface area contributed by atoms with Crippen LogP contribution in [-0.4, -0.2) is 62.3 Å². The first kappa shape index (κ1) is 13.9. The van der Waals surface area contributed by atoms with Gasteiger partial charge in [-0.05, 0) is 18.9 Å². The first-order valence-corrected chi connectivity index (χ1v) is 6.74. The highest BCUT2D eigenvalue weighted by atomic mass is 16.5. The van der Waals surface area contributed by atoms with E-state index in [1.165, 1.54) is 39.1 Å². The van der Waals surface area contributed by atoms with E-state index in [0.717, 1.165) is 25.7 Å². The van der Waals surface area contributed by atoms with Crippen LogP contribution in [0.4, 0.5) is 0 Å². The standard InChI is InChI=1S/C13H28N2O/c1-4-14-6-8-15(9-7-14)10-12-16-11-5-13(2)3/h13H,4-12H2,1-3H3. The molecule has 1 aliphatic rings. The number of piperazine rings is 1. The van der Waals surface area contributed by atoms with Crippen molar-refractivity contribution in [3.63, 3.8) is 0 Å². The zero-order valence-electron chi connectivity index (χ0n) is 11.2. The van der Waals surface area contributed by atoms with Crippen LogP contribution in [0.3, 0.4) is 0 Å². The van der Waals surface area contributed by atoms with Gasteiger partial charge >= 0.3 is 0 Å². The van der Waals surface area contributed by atoms with Crippen LogP contribution in [0, 0.1) is 5.92 Å². The minimum absolute atomic E-state index is 0.757. The second-order valence-corrected chi connectivity index (χ2v) is 5.07. The predicted octanol–water partition coefficient (Wildman–Crippen LogP) is 1.69. The second kappa shape index (κ2) is 8.04. The highest BCUT2D eigenvalue weighted by Crippen LogP contribution is 2.02. The summed E-state index contributed by atoms with van der Waals surface area (Å²) in [6.07, 6.45) is 1.18. The molecule has 0 aromatic carbocycles. The van der Waals surface area contributed by atoms with Gasteiger partial charge in [-0.1, -0.05) is 20.8 Å². The van der Waals surface area contributed by atoms with Gasteiger partial charge in [-0.25, -0.2) is 0 Å². The fourth-order valence-electron chi connectivity index (χ4n) is 1.94. The molecular weight excluding hydrogens is 200 g/mol. The molecule has 0 amide bonds. The molecule has 0 bridgehead atoms. The van der Waals surface area contributed by atoms with Gasteiger partial charge in [0.15, 0.2) is 0 Å². The average Bonchev–Trinajstić information content (AvgIpc) is 2.29. The summed E-state index contributed by atoms with van der Waals surface area (Å²) < 4.78 is 5.65. The lowest BCUT2D eigenvalue weighted by molar-refractivity contribution is 0.0727. The Balaban J connectivity index is 1.94. The summed E-state index contributed by atoms with van der Waals surface area (Å²) in [5.74, 6) is 0.757. The Morgan fingerprint density at radius 1 is 1.00 bits per heavy atom. The van der Waals surface area contributed by atoms with Gasteiger partial charge in [0.05, 0.1) is 6.61 Å². The van der Waals surface area contributed by atoms with Crippen molar-refractivity contribution in [2.24, 2.45) is 5.92 Å². The number of ether oxygens (including phenoxy) is 1. The molecule has 1 aliphatic heterocycles. The molecule has 0 saturated carbocycles. The molecule has 0 aliphatic carbocycles. The van der Waals surface area contributed by atoms with Gasteiger partial charge in [0.25, 0.3) is 0 Å². The first-order chi connectivity index (χ1) is 7.72. The highest BCUT2D eigenvalue weighted by molar-refractivity contribution is 4.70. The van der Waals surface area contributed by atoms with Gasteiger partial charge in [-0.2, -0.15) is 0 Å². The van der Waals surface area contributed by atoms with Crippen LogP contribution in [0.25, 0.3) is 0 Å². The summed E-state index contributed by atoms with van der Waals surface area (Å²) in [5.41, 5.74) is 0. The van der Waals surface area contributed by atoms with Crippen molar-refractivity contribution in [3.8, 4) is 0 Å². The van der Waals surface area contributed by atoms with Gasteiger partial charge in [-0.3, -0.25) is 4.90 Å². The van der Waals surface area contributed by atoms with Crippen LogP contribution in [0.15, 0.2) is 0 Å². The molecule has 0 radical (unpaired) electrons. The third-order valence-electron chi connectivity index (χ3n) is 3.30. The van der Waals surface area contributed by atoms with Crippen molar-refractivity contribution in [1.82, 2.24) is 9.80 Å². The molecule has 3 nitrogen and oxygen atoms in total. The minimum Gasteiger partial charge on any atom is -0.380 e. The Bertz CT molecular complexity index is 165. The molecule has 0 aromatic heterocycles. The highest BCUT2D eigenvalue weighted by Gasteiger charge is 2.14. The van der Waals surface area contributed by atoms with Crippen molar-refractivity contribution < 1.29 is 4.74 Å². The van der Waals surface area contributed by atoms with Gasteiger partial charge in [-0.15, -0.1) is 0 Å². The molecule has 1 saturated heterocycles. The summed E-state index contributed by atoms with van der Waals surface area (Å²) in [5, 5.41) is 0. The zero-order chi connectivity index (χ0) is 11.8. The third-order valence-corrected chi connectivity index (χ3v) is 3.30. The van der Waals surface area contributed by atoms with Crippen molar-refractivity contribution >= 4 is 0 Å². The van der Waals surface area contributed by atoms with E-state index < -0.39 is 0 Å². The molecule has 1 heterocycles. The van der Waals surface area contributed by atoms with Gasteiger partial charge in [0.2, 0.25) is 0 Å². The van der Waals surface area contributed by atoms with Crippen LogP contribution >= 0.6 is 0 Å². The Kier molecular flexibility index (Phi) is 7.01. The fourth-order valence-corrected chi connectivity index (χ4v) is 1.94. The molecule has 0 spiro atoms. The van der Waals surface area contributed by atoms with Crippen LogP contribution in [-0.2, 0) is 4.74 Å². The molecule has 1 fully saturated rings. The lowest BCUT2D eigenvalue weighted by Gasteiger charge is -2.33. The Morgan fingerprint density at radius 3 is 2.19 bits per heavy atom. The molecule has 3 heteroatoms. The lowest BCUT2D eigenvalue weighted by atomic mass is 10.1. The maximum Gasteiger partial charge on any atom is 0.0593 e. The van der Waals surface area contributed by atoms with E-state index in [1.54, 1.807) is 0 Å². The van der Waals surface area contributed by atoms with Crippen molar-refractivity contribution in [2.75, 3.05) is 52.5 Å². The second-order valence-electron chi connectivity index (χ2n) is 5.07. The van der Waals surface area contributed by atoms with E-state index in [0.29, 0.717) is 0 Å². The summed E-state index contributed by atoms with van der Waals surface area (Å²) in [6, 6.07) is 0. The molecule has 0 atom stereocenters. The first-order valence-electron chi connectivity index (χ1n) is 6.74. The van der Waals surface area contributed by atoms with Gasteiger partial charge in [0.1, 0.15) is 0 Å². The maximum absolute atomic E-state index is 5.65. The SMILES string of the molecule is CCN1CCN(CCOCCC(C)C)CC1. The molecule has 16 heavy (non-hydrogen) atoms. The largest absolute Gasteiger partial charge is 0.380 e. The van der Waals surface area contributed by atoms with E-state index >= 15 is 0 Å². The molecule has 96 valence electrons. The van der Waals surface area contributed by atoms with E-state index in [4.69, 9.17) is 4.74 Å². The van der Waals surface area contributed by atoms with Crippen molar-refractivity contribution in [3.05, 3.63) is 0 Å². The third kappa shape index (κ3) is 5.83. The number of hydrogen-bond donors (Lipinski definition) is 0. The predicted molar refractivity (Wildman–Crippen MR) is 68.8 cm³/mol. The van der Waals surface area contributed by atoms with Crippen LogP contribution in [0.5, 0.6) is 0 Å². The molecule has 0 N–H and O–H groups in total. The van der Waals surface area contributed by atoms with Crippen LogP contribution < -0.4 is 0 Å². The summed E-state index contributed by atoms with van der Waals surface area (Å²) >= 11 is 0. The lowest BCUT2D eigenvalue weighted by Crippen LogP contribution is -2.47. The topological polar surface area (TPSA) is 15.7 Å². The molecular formula is C13H28N2O. The Morgan fingerprint density at radius 2 is 1.62 bits per heavy atom. The van der Waals surface area contributed by atoms with E-state index in [-0.39, 0.29) is 0 Å². The quantitative estimate of drug-likeness (QED) is 0.617. The number of rotatable bonds is 7. The van der Waals surface area contributed by atoms with Crippen molar-refractivity contribution in [2.45, 2.75) is 27.2 Å². The van der Waals surface area contributed by atoms with Crippen LogP contribution in [0.1, 0.15) is 27.2 Å². The monoisotopic (exact) mass is 228 g/mol. The normalized spacial score (nSPS) is 19.5. The minimum atomic E-state index is 0.757. The van der Waals surface area contributed by atoms with E-state index in [9.17, 15) is 0 Å². The van der Waals surface area contributed by atoms with Gasteiger partial charge < -0.3 is 9.64 Å².